The van der Waals surface area contributed by atoms with Gasteiger partial charge in [0.2, 0.25) is 5.91 Å². The number of rotatable bonds is 6. The molecule has 0 spiro atoms. The first-order chi connectivity index (χ1) is 10.1. The predicted octanol–water partition coefficient (Wildman–Crippen LogP) is 1.61. The van der Waals surface area contributed by atoms with Gasteiger partial charge in [0.15, 0.2) is 0 Å². The summed E-state index contributed by atoms with van der Waals surface area (Å²) in [7, 11) is 3.18. The highest BCUT2D eigenvalue weighted by Crippen LogP contribution is 2.30. The number of benzene rings is 1. The largest absolute Gasteiger partial charge is 0.497 e. The van der Waals surface area contributed by atoms with E-state index in [2.05, 4.69) is 0 Å². The second-order valence-electron chi connectivity index (χ2n) is 5.48. The van der Waals surface area contributed by atoms with Gasteiger partial charge < -0.3 is 19.5 Å². The minimum atomic E-state index is -0.591. The molecular weight excluding hydrogens is 270 g/mol. The quantitative estimate of drug-likeness (QED) is 0.866. The summed E-state index contributed by atoms with van der Waals surface area (Å²) in [5.74, 6) is 0.823. The fourth-order valence-corrected chi connectivity index (χ4v) is 2.76. The Morgan fingerprint density at radius 1 is 1.33 bits per heavy atom. The van der Waals surface area contributed by atoms with Crippen LogP contribution in [0.5, 0.6) is 5.75 Å². The number of carbonyl (C=O) groups is 1. The predicted molar refractivity (Wildman–Crippen MR) is 79.1 cm³/mol. The van der Waals surface area contributed by atoms with E-state index in [-0.39, 0.29) is 24.5 Å². The molecule has 1 aliphatic rings. The lowest BCUT2D eigenvalue weighted by Crippen LogP contribution is -2.31. The van der Waals surface area contributed by atoms with Gasteiger partial charge in [-0.15, -0.1) is 0 Å². The summed E-state index contributed by atoms with van der Waals surface area (Å²) in [6.45, 7) is 2.84. The molecule has 0 aliphatic carbocycles. The van der Waals surface area contributed by atoms with Crippen LogP contribution in [0.3, 0.4) is 0 Å². The van der Waals surface area contributed by atoms with Crippen molar-refractivity contribution < 1.29 is 19.4 Å². The minimum absolute atomic E-state index is 0.0110. The monoisotopic (exact) mass is 293 g/mol. The van der Waals surface area contributed by atoms with Crippen LogP contribution in [-0.4, -0.2) is 49.4 Å². The van der Waals surface area contributed by atoms with Crippen molar-refractivity contribution >= 4 is 5.91 Å². The van der Waals surface area contributed by atoms with E-state index in [1.165, 1.54) is 0 Å². The van der Waals surface area contributed by atoms with Crippen LogP contribution >= 0.6 is 0 Å². The summed E-state index contributed by atoms with van der Waals surface area (Å²) in [5.41, 5.74) is 1.06. The zero-order valence-corrected chi connectivity index (χ0v) is 12.8. The van der Waals surface area contributed by atoms with Gasteiger partial charge in [-0.2, -0.15) is 0 Å². The molecule has 1 saturated heterocycles. The van der Waals surface area contributed by atoms with Crippen LogP contribution in [0.1, 0.15) is 24.9 Å². The lowest BCUT2D eigenvalue weighted by Gasteiger charge is -2.26. The van der Waals surface area contributed by atoms with Gasteiger partial charge in [0.25, 0.3) is 0 Å². The molecule has 21 heavy (non-hydrogen) atoms. The maximum absolute atomic E-state index is 12.2. The van der Waals surface area contributed by atoms with Crippen molar-refractivity contribution in [3.8, 4) is 5.75 Å². The van der Waals surface area contributed by atoms with Crippen molar-refractivity contribution in [2.45, 2.75) is 25.5 Å². The van der Waals surface area contributed by atoms with E-state index in [9.17, 15) is 9.90 Å². The second-order valence-corrected chi connectivity index (χ2v) is 5.48. The fourth-order valence-electron chi connectivity index (χ4n) is 2.76. The number of hydrogen-bond acceptors (Lipinski definition) is 4. The first-order valence-electron chi connectivity index (χ1n) is 7.17. The van der Waals surface area contributed by atoms with Crippen LogP contribution < -0.4 is 4.74 Å². The molecule has 0 saturated carbocycles. The van der Waals surface area contributed by atoms with Gasteiger partial charge in [-0.3, -0.25) is 4.79 Å². The van der Waals surface area contributed by atoms with Crippen molar-refractivity contribution in [2.24, 2.45) is 5.92 Å². The summed E-state index contributed by atoms with van der Waals surface area (Å²) >= 11 is 0. The van der Waals surface area contributed by atoms with Crippen LogP contribution in [0.2, 0.25) is 0 Å². The maximum atomic E-state index is 12.2. The zero-order chi connectivity index (χ0) is 15.4. The summed E-state index contributed by atoms with van der Waals surface area (Å²) in [5, 5.41) is 9.98. The zero-order valence-electron chi connectivity index (χ0n) is 12.8. The Balaban J connectivity index is 2.04. The van der Waals surface area contributed by atoms with Gasteiger partial charge in [0, 0.05) is 26.0 Å². The highest BCUT2D eigenvalue weighted by atomic mass is 16.5. The Morgan fingerprint density at radius 3 is 2.57 bits per heavy atom. The lowest BCUT2D eigenvalue weighted by atomic mass is 10.0. The van der Waals surface area contributed by atoms with Crippen molar-refractivity contribution in [1.82, 2.24) is 4.90 Å². The summed E-state index contributed by atoms with van der Waals surface area (Å²) in [6.07, 6.45) is -0.211. The summed E-state index contributed by atoms with van der Waals surface area (Å²) in [4.78, 5) is 14.0. The third-order valence-corrected chi connectivity index (χ3v) is 4.14. The van der Waals surface area contributed by atoms with Crippen molar-refractivity contribution in [3.63, 3.8) is 0 Å². The number of aliphatic hydroxyl groups is 1. The first-order valence-corrected chi connectivity index (χ1v) is 7.17. The molecule has 1 unspecified atom stereocenters. The molecule has 1 aromatic carbocycles. The highest BCUT2D eigenvalue weighted by molar-refractivity contribution is 5.79. The molecule has 3 atom stereocenters. The summed E-state index contributed by atoms with van der Waals surface area (Å²) in [6, 6.07) is 7.71. The Labute approximate surface area is 125 Å². The van der Waals surface area contributed by atoms with Crippen molar-refractivity contribution in [1.29, 1.82) is 0 Å². The normalized spacial score (nSPS) is 21.4. The van der Waals surface area contributed by atoms with Gasteiger partial charge >= 0.3 is 0 Å². The van der Waals surface area contributed by atoms with Crippen molar-refractivity contribution in [3.05, 3.63) is 29.8 Å². The van der Waals surface area contributed by atoms with Crippen LogP contribution in [0.4, 0.5) is 0 Å². The molecule has 1 aliphatic heterocycles. The lowest BCUT2D eigenvalue weighted by molar-refractivity contribution is -0.129. The third kappa shape index (κ3) is 3.54. The van der Waals surface area contributed by atoms with Gasteiger partial charge in [0.05, 0.1) is 25.9 Å². The van der Waals surface area contributed by atoms with E-state index in [0.29, 0.717) is 13.0 Å². The van der Waals surface area contributed by atoms with Gasteiger partial charge in [0.1, 0.15) is 5.75 Å². The standard InChI is InChI=1S/C16H23NO4/c1-11(12-4-6-14(21-3)7-5-12)17-9-13(8-16(17)19)15(18)10-20-2/h4-7,11,13,15,18H,8-10H2,1-3H3/t11-,13-,15?/m1/s1. The van der Waals surface area contributed by atoms with E-state index in [1.807, 2.05) is 36.1 Å². The Bertz CT molecular complexity index is 474. The molecule has 116 valence electrons. The minimum Gasteiger partial charge on any atom is -0.497 e. The molecule has 0 aromatic heterocycles. The number of methoxy groups -OCH3 is 2. The van der Waals surface area contributed by atoms with Gasteiger partial charge in [-0.25, -0.2) is 0 Å². The number of amides is 1. The Morgan fingerprint density at radius 2 is 2.00 bits per heavy atom. The molecule has 1 aromatic rings. The number of hydrogen-bond donors (Lipinski definition) is 1. The molecular formula is C16H23NO4. The topological polar surface area (TPSA) is 59.0 Å². The van der Waals surface area contributed by atoms with E-state index in [0.717, 1.165) is 11.3 Å². The maximum Gasteiger partial charge on any atom is 0.223 e. The smallest absolute Gasteiger partial charge is 0.223 e. The van der Waals surface area contributed by atoms with Gasteiger partial charge in [-0.1, -0.05) is 12.1 Å². The van der Waals surface area contributed by atoms with Crippen LogP contribution in [0.25, 0.3) is 0 Å². The second kappa shape index (κ2) is 6.91. The number of nitrogens with zero attached hydrogens (tertiary/aromatic N) is 1. The number of likely N-dealkylation sites (tertiary alicyclic amines) is 1. The fraction of sp³-hybridized carbons (Fsp3) is 0.562. The molecule has 0 radical (unpaired) electrons. The number of ether oxygens (including phenoxy) is 2. The molecule has 5 heteroatoms. The van der Waals surface area contributed by atoms with Crippen molar-refractivity contribution in [2.75, 3.05) is 27.4 Å². The molecule has 2 rings (SSSR count). The number of carbonyl (C=O) groups excluding carboxylic acids is 1. The molecule has 0 bridgehead atoms. The Hall–Kier alpha value is -1.59. The van der Waals surface area contributed by atoms with Gasteiger partial charge in [-0.05, 0) is 24.6 Å². The van der Waals surface area contributed by atoms with E-state index < -0.39 is 6.10 Å². The van der Waals surface area contributed by atoms with E-state index in [4.69, 9.17) is 9.47 Å². The van der Waals surface area contributed by atoms with Crippen LogP contribution in [0, 0.1) is 5.92 Å². The van der Waals surface area contributed by atoms with Crippen LogP contribution in [-0.2, 0) is 9.53 Å². The molecule has 1 N–H and O–H groups in total. The average Bonchev–Trinajstić information content (AvgIpc) is 2.89. The summed E-state index contributed by atoms with van der Waals surface area (Å²) < 4.78 is 10.1. The van der Waals surface area contributed by atoms with Crippen LogP contribution in [0.15, 0.2) is 24.3 Å². The average molecular weight is 293 g/mol. The van der Waals surface area contributed by atoms with E-state index >= 15 is 0 Å². The number of aliphatic hydroxyl groups excluding tert-OH is 1. The molecule has 5 nitrogen and oxygen atoms in total. The van der Waals surface area contributed by atoms with E-state index in [1.54, 1.807) is 14.2 Å². The molecule has 1 fully saturated rings. The molecule has 1 heterocycles. The highest BCUT2D eigenvalue weighted by Gasteiger charge is 2.36. The SMILES string of the molecule is COCC(O)[C@@H]1CC(=O)N([C@H](C)c2ccc(OC)cc2)C1. The Kier molecular flexibility index (Phi) is 5.20. The molecule has 1 amide bonds. The third-order valence-electron chi connectivity index (χ3n) is 4.14. The first kappa shape index (κ1) is 15.8.